The molecule has 3 aromatic heterocycles. The summed E-state index contributed by atoms with van der Waals surface area (Å²) in [6.07, 6.45) is 1.78. The van der Waals surface area contributed by atoms with Crippen LogP contribution >= 0.6 is 0 Å². The van der Waals surface area contributed by atoms with E-state index in [4.69, 9.17) is 19.4 Å². The Morgan fingerprint density at radius 1 is 0.449 bits per heavy atom. The van der Waals surface area contributed by atoms with E-state index >= 15 is 0 Å². The Kier molecular flexibility index (Phi) is 5.62. The molecule has 8 aromatic rings. The molecule has 2 aliphatic rings. The van der Waals surface area contributed by atoms with E-state index < -0.39 is 0 Å². The van der Waals surface area contributed by atoms with E-state index in [1.165, 1.54) is 44.5 Å². The Hall–Kier alpha value is -5.94. The number of furan rings is 1. The first kappa shape index (κ1) is 28.1. The number of benzene rings is 5. The zero-order valence-electron chi connectivity index (χ0n) is 27.7. The summed E-state index contributed by atoms with van der Waals surface area (Å²) in [5, 5.41) is 2.28. The first-order valence-corrected chi connectivity index (χ1v) is 16.8. The molecule has 0 bridgehead atoms. The van der Waals surface area contributed by atoms with Crippen molar-refractivity contribution in [3.63, 3.8) is 0 Å². The summed E-state index contributed by atoms with van der Waals surface area (Å²) in [6.45, 7) is 9.17. The number of aromatic nitrogens is 4. The lowest BCUT2D eigenvalue weighted by molar-refractivity contribution is 0.647. The third-order valence-electron chi connectivity index (χ3n) is 10.8. The fraction of sp³-hybridized carbons (Fsp3) is 0.136. The van der Waals surface area contributed by atoms with Crippen molar-refractivity contribution in [1.29, 1.82) is 0 Å². The van der Waals surface area contributed by atoms with E-state index in [-0.39, 0.29) is 10.8 Å². The van der Waals surface area contributed by atoms with Crippen molar-refractivity contribution >= 4 is 21.9 Å². The van der Waals surface area contributed by atoms with Gasteiger partial charge in [-0.1, -0.05) is 100 Å². The summed E-state index contributed by atoms with van der Waals surface area (Å²) in [5.74, 6) is 1.82. The number of para-hydroxylation sites is 1. The summed E-state index contributed by atoms with van der Waals surface area (Å²) in [7, 11) is 0. The van der Waals surface area contributed by atoms with Gasteiger partial charge in [-0.3, -0.25) is 4.98 Å². The fourth-order valence-electron chi connectivity index (χ4n) is 8.18. The van der Waals surface area contributed by atoms with Crippen LogP contribution in [0.2, 0.25) is 0 Å². The van der Waals surface area contributed by atoms with Crippen LogP contribution in [0.15, 0.2) is 126 Å². The highest BCUT2D eigenvalue weighted by Gasteiger charge is 2.38. The number of rotatable bonds is 3. The molecule has 0 saturated heterocycles. The largest absolute Gasteiger partial charge is 0.456 e. The number of fused-ring (bicyclic) bond motifs is 9. The molecule has 2 aliphatic carbocycles. The van der Waals surface area contributed by atoms with Crippen LogP contribution in [0.1, 0.15) is 49.9 Å². The van der Waals surface area contributed by atoms with Gasteiger partial charge >= 0.3 is 0 Å². The molecule has 5 nitrogen and oxygen atoms in total. The van der Waals surface area contributed by atoms with Crippen molar-refractivity contribution in [3.8, 4) is 56.5 Å². The first-order chi connectivity index (χ1) is 23.8. The zero-order chi connectivity index (χ0) is 33.1. The molecule has 0 N–H and O–H groups in total. The van der Waals surface area contributed by atoms with E-state index in [1.54, 1.807) is 6.20 Å². The van der Waals surface area contributed by atoms with Gasteiger partial charge in [-0.25, -0.2) is 15.0 Å². The van der Waals surface area contributed by atoms with Crippen LogP contribution in [0.5, 0.6) is 0 Å². The maximum Gasteiger partial charge on any atom is 0.182 e. The number of hydrogen-bond acceptors (Lipinski definition) is 5. The summed E-state index contributed by atoms with van der Waals surface area (Å²) in [4.78, 5) is 19.8. The average Bonchev–Trinajstić information content (AvgIpc) is 3.70. The summed E-state index contributed by atoms with van der Waals surface area (Å²) >= 11 is 0. The number of nitrogens with zero attached hydrogens (tertiary/aromatic N) is 4. The molecule has 234 valence electrons. The van der Waals surface area contributed by atoms with Crippen molar-refractivity contribution in [2.24, 2.45) is 0 Å². The van der Waals surface area contributed by atoms with Crippen LogP contribution in [0.4, 0.5) is 0 Å². The van der Waals surface area contributed by atoms with Gasteiger partial charge in [0.2, 0.25) is 0 Å². The van der Waals surface area contributed by atoms with Gasteiger partial charge in [-0.15, -0.1) is 0 Å². The van der Waals surface area contributed by atoms with Crippen molar-refractivity contribution in [2.75, 3.05) is 0 Å². The highest BCUT2D eigenvalue weighted by molar-refractivity contribution is 6.07. The van der Waals surface area contributed by atoms with E-state index in [0.29, 0.717) is 23.2 Å². The van der Waals surface area contributed by atoms with Crippen LogP contribution in [0, 0.1) is 0 Å². The lowest BCUT2D eigenvalue weighted by Crippen LogP contribution is -2.15. The monoisotopic (exact) mass is 632 g/mol. The third-order valence-corrected chi connectivity index (χ3v) is 10.8. The maximum absolute atomic E-state index is 6.30. The van der Waals surface area contributed by atoms with Gasteiger partial charge in [-0.2, -0.15) is 0 Å². The predicted molar refractivity (Wildman–Crippen MR) is 196 cm³/mol. The molecule has 10 rings (SSSR count). The van der Waals surface area contributed by atoms with Crippen LogP contribution in [-0.2, 0) is 10.8 Å². The number of hydrogen-bond donors (Lipinski definition) is 0. The normalized spacial score (nSPS) is 14.9. The van der Waals surface area contributed by atoms with Crippen LogP contribution in [0.3, 0.4) is 0 Å². The molecule has 0 radical (unpaired) electrons. The van der Waals surface area contributed by atoms with E-state index in [9.17, 15) is 0 Å². The van der Waals surface area contributed by atoms with Crippen molar-refractivity contribution < 1.29 is 4.42 Å². The smallest absolute Gasteiger partial charge is 0.182 e. The highest BCUT2D eigenvalue weighted by Crippen LogP contribution is 2.52. The average molecular weight is 633 g/mol. The Labute approximate surface area is 284 Å². The van der Waals surface area contributed by atoms with Gasteiger partial charge < -0.3 is 4.42 Å². The SMILES string of the molecule is CC1(C)c2ccccc2-c2ccc(-c3nc(-c4ccc5c(c4)C(C)(C)c4cc6oc7ccccc7c6cc4-5)nc(-c4ccccn4)n3)cc21. The number of pyridine rings is 1. The minimum absolute atomic E-state index is 0.129. The molecule has 49 heavy (non-hydrogen) atoms. The summed E-state index contributed by atoms with van der Waals surface area (Å²) < 4.78 is 6.30. The van der Waals surface area contributed by atoms with Gasteiger partial charge in [-0.05, 0) is 87.0 Å². The molecule has 0 saturated carbocycles. The fourth-order valence-corrected chi connectivity index (χ4v) is 8.18. The molecule has 3 heterocycles. The van der Waals surface area contributed by atoms with E-state index in [0.717, 1.165) is 33.1 Å². The second-order valence-electron chi connectivity index (χ2n) is 14.3. The molecule has 0 unspecified atom stereocenters. The second-order valence-corrected chi connectivity index (χ2v) is 14.3. The minimum Gasteiger partial charge on any atom is -0.456 e. The van der Waals surface area contributed by atoms with Crippen LogP contribution in [0.25, 0.3) is 78.5 Å². The maximum atomic E-state index is 6.30. The Morgan fingerprint density at radius 3 is 1.78 bits per heavy atom. The molecule has 5 heteroatoms. The lowest BCUT2D eigenvalue weighted by Gasteiger charge is -2.22. The van der Waals surface area contributed by atoms with Gasteiger partial charge in [0.1, 0.15) is 16.9 Å². The molecule has 0 amide bonds. The highest BCUT2D eigenvalue weighted by atomic mass is 16.3. The van der Waals surface area contributed by atoms with E-state index in [2.05, 4.69) is 118 Å². The third kappa shape index (κ3) is 3.99. The molecular formula is C44H32N4O. The molecule has 0 atom stereocenters. The second kappa shape index (κ2) is 9.80. The van der Waals surface area contributed by atoms with E-state index in [1.807, 2.05) is 30.3 Å². The Balaban J connectivity index is 1.13. The molecule has 5 aromatic carbocycles. The Bertz CT molecular complexity index is 2670. The topological polar surface area (TPSA) is 64.7 Å². The van der Waals surface area contributed by atoms with Crippen molar-refractivity contribution in [2.45, 2.75) is 38.5 Å². The van der Waals surface area contributed by atoms with Gasteiger partial charge in [0.05, 0.1) is 0 Å². The van der Waals surface area contributed by atoms with Gasteiger partial charge in [0, 0.05) is 38.9 Å². The Morgan fingerprint density at radius 2 is 1.04 bits per heavy atom. The summed E-state index contributed by atoms with van der Waals surface area (Å²) in [6, 6.07) is 40.6. The predicted octanol–water partition coefficient (Wildman–Crippen LogP) is 10.8. The minimum atomic E-state index is -0.242. The van der Waals surface area contributed by atoms with Crippen molar-refractivity contribution in [3.05, 3.63) is 144 Å². The zero-order valence-corrected chi connectivity index (χ0v) is 27.7. The summed E-state index contributed by atoms with van der Waals surface area (Å²) in [5.41, 5.74) is 14.3. The van der Waals surface area contributed by atoms with Crippen LogP contribution < -0.4 is 0 Å². The molecule has 0 spiro atoms. The lowest BCUT2D eigenvalue weighted by atomic mass is 9.81. The standard InChI is InChI=1S/C44H32N4O/c1-43(2)33-13-7-5-11-27(33)28-18-16-25(21-34(28)43)40-46-41(48-42(47-40)37-14-9-10-20-45-37)26-17-19-29-31-23-32-30-12-6-8-15-38(30)49-39(32)24-36(31)44(3,4)35(29)22-26/h5-24H,1-4H3. The molecular weight excluding hydrogens is 601 g/mol. The van der Waals surface area contributed by atoms with Crippen molar-refractivity contribution in [1.82, 2.24) is 19.9 Å². The molecule has 0 fully saturated rings. The molecule has 0 aliphatic heterocycles. The van der Waals surface area contributed by atoms with Gasteiger partial charge in [0.25, 0.3) is 0 Å². The van der Waals surface area contributed by atoms with Crippen LogP contribution in [-0.4, -0.2) is 19.9 Å². The quantitative estimate of drug-likeness (QED) is 0.194. The van der Waals surface area contributed by atoms with Gasteiger partial charge in [0.15, 0.2) is 17.5 Å². The first-order valence-electron chi connectivity index (χ1n) is 16.8.